The normalized spacial score (nSPS) is 19.4. The maximum Gasteiger partial charge on any atom is 0.280 e. The Morgan fingerprint density at radius 1 is 1.24 bits per heavy atom. The van der Waals surface area contributed by atoms with Crippen LogP contribution in [0.4, 0.5) is 0 Å². The number of nitrogens with one attached hydrogen (secondary N) is 2. The predicted octanol–water partition coefficient (Wildman–Crippen LogP) is 3.15. The van der Waals surface area contributed by atoms with E-state index < -0.39 is 10.2 Å². The lowest BCUT2D eigenvalue weighted by Gasteiger charge is -2.33. The van der Waals surface area contributed by atoms with Gasteiger partial charge in [0.05, 0.1) is 17.9 Å². The molecule has 1 atom stereocenters. The molecule has 2 N–H and O–H groups in total. The number of hydrogen-bond donors (Lipinski definition) is 2. The molecule has 0 spiro atoms. The predicted molar refractivity (Wildman–Crippen MR) is 99.3 cm³/mol. The highest BCUT2D eigenvalue weighted by Crippen LogP contribution is 2.32. The molecule has 1 unspecified atom stereocenters. The topological polar surface area (TPSA) is 78.1 Å². The highest BCUT2D eigenvalue weighted by molar-refractivity contribution is 7.87. The first-order valence-corrected chi connectivity index (χ1v) is 10.2. The van der Waals surface area contributed by atoms with E-state index in [1.54, 1.807) is 10.5 Å². The van der Waals surface area contributed by atoms with Crippen LogP contribution in [0.2, 0.25) is 0 Å². The number of rotatable bonds is 5. The Labute approximate surface area is 149 Å². The van der Waals surface area contributed by atoms with Gasteiger partial charge in [0.15, 0.2) is 0 Å². The van der Waals surface area contributed by atoms with Gasteiger partial charge < -0.3 is 4.98 Å². The fourth-order valence-corrected chi connectivity index (χ4v) is 4.86. The lowest BCUT2D eigenvalue weighted by atomic mass is 10.0. The van der Waals surface area contributed by atoms with E-state index in [0.29, 0.717) is 12.4 Å². The van der Waals surface area contributed by atoms with Gasteiger partial charge in [0, 0.05) is 12.6 Å². The van der Waals surface area contributed by atoms with Crippen molar-refractivity contribution in [3.05, 3.63) is 41.9 Å². The summed E-state index contributed by atoms with van der Waals surface area (Å²) < 4.78 is 29.6. The van der Waals surface area contributed by atoms with Gasteiger partial charge in [-0.3, -0.25) is 0 Å². The second kappa shape index (κ2) is 7.27. The first kappa shape index (κ1) is 18.1. The third-order valence-corrected chi connectivity index (χ3v) is 6.24. The minimum absolute atomic E-state index is 0.132. The van der Waals surface area contributed by atoms with Crippen molar-refractivity contribution in [3.8, 4) is 11.3 Å². The van der Waals surface area contributed by atoms with Gasteiger partial charge in [-0.05, 0) is 39.2 Å². The van der Waals surface area contributed by atoms with Crippen molar-refractivity contribution in [2.24, 2.45) is 0 Å². The highest BCUT2D eigenvalue weighted by Gasteiger charge is 2.35. The molecular weight excluding hydrogens is 336 g/mol. The van der Waals surface area contributed by atoms with Crippen LogP contribution in [0.25, 0.3) is 11.3 Å². The first-order valence-electron chi connectivity index (χ1n) is 8.78. The lowest BCUT2D eigenvalue weighted by Crippen LogP contribution is -2.47. The van der Waals surface area contributed by atoms with E-state index in [1.165, 1.54) is 5.56 Å². The summed E-state index contributed by atoms with van der Waals surface area (Å²) in [5, 5.41) is 0. The maximum atomic E-state index is 12.7. The van der Waals surface area contributed by atoms with Crippen molar-refractivity contribution in [1.82, 2.24) is 19.0 Å². The Morgan fingerprint density at radius 3 is 2.64 bits per heavy atom. The number of hydrogen-bond acceptors (Lipinski definition) is 3. The zero-order valence-corrected chi connectivity index (χ0v) is 15.8. The number of imidazole rings is 1. The standard InChI is InChI=1S/C18H26N4O2S/c1-13(2)21-25(23,24)22-11-5-4-6-17(22)18-19-12-16(20-18)15-9-7-14(3)8-10-15/h7-10,12-13,17,21H,4-6,11H2,1-3H3,(H,19,20). The van der Waals surface area contributed by atoms with Crippen molar-refractivity contribution in [1.29, 1.82) is 0 Å². The number of H-pyrrole nitrogens is 1. The molecular formula is C18H26N4O2S. The van der Waals surface area contributed by atoms with Gasteiger partial charge in [-0.2, -0.15) is 17.4 Å². The largest absolute Gasteiger partial charge is 0.341 e. The van der Waals surface area contributed by atoms with E-state index in [9.17, 15) is 8.42 Å². The van der Waals surface area contributed by atoms with Gasteiger partial charge in [-0.1, -0.05) is 36.2 Å². The molecule has 136 valence electrons. The first-order chi connectivity index (χ1) is 11.9. The average Bonchev–Trinajstić information content (AvgIpc) is 3.04. The van der Waals surface area contributed by atoms with E-state index in [0.717, 1.165) is 30.5 Å². The van der Waals surface area contributed by atoms with Crippen molar-refractivity contribution < 1.29 is 8.42 Å². The van der Waals surface area contributed by atoms with Crippen LogP contribution in [0.15, 0.2) is 30.5 Å². The number of aryl methyl sites for hydroxylation is 1. The number of nitrogens with zero attached hydrogens (tertiary/aromatic N) is 2. The third-order valence-electron chi connectivity index (χ3n) is 4.42. The molecule has 25 heavy (non-hydrogen) atoms. The molecule has 0 radical (unpaired) electrons. The Kier molecular flexibility index (Phi) is 5.27. The van der Waals surface area contributed by atoms with E-state index >= 15 is 0 Å². The molecule has 2 aromatic rings. The summed E-state index contributed by atoms with van der Waals surface area (Å²) in [7, 11) is -3.52. The van der Waals surface area contributed by atoms with Gasteiger partial charge >= 0.3 is 0 Å². The second-order valence-corrected chi connectivity index (χ2v) is 8.60. The summed E-state index contributed by atoms with van der Waals surface area (Å²) >= 11 is 0. The summed E-state index contributed by atoms with van der Waals surface area (Å²) in [6, 6.07) is 7.82. The molecule has 1 saturated heterocycles. The molecule has 1 fully saturated rings. The second-order valence-electron chi connectivity index (χ2n) is 6.95. The number of aromatic amines is 1. The van der Waals surface area contributed by atoms with Gasteiger partial charge in [-0.25, -0.2) is 4.98 Å². The van der Waals surface area contributed by atoms with Crippen LogP contribution in [0.5, 0.6) is 0 Å². The van der Waals surface area contributed by atoms with Crippen LogP contribution < -0.4 is 4.72 Å². The summed E-state index contributed by atoms with van der Waals surface area (Å²) in [6.07, 6.45) is 4.44. The van der Waals surface area contributed by atoms with Gasteiger partial charge in [0.1, 0.15) is 5.82 Å². The van der Waals surface area contributed by atoms with Crippen LogP contribution in [0.1, 0.15) is 50.5 Å². The smallest absolute Gasteiger partial charge is 0.280 e. The maximum absolute atomic E-state index is 12.7. The Hall–Kier alpha value is -1.70. The highest BCUT2D eigenvalue weighted by atomic mass is 32.2. The molecule has 3 rings (SSSR count). The molecule has 0 saturated carbocycles. The molecule has 0 aliphatic carbocycles. The van der Waals surface area contributed by atoms with Crippen LogP contribution >= 0.6 is 0 Å². The number of piperidine rings is 1. The summed E-state index contributed by atoms with van der Waals surface area (Å²) in [4.78, 5) is 7.82. The van der Waals surface area contributed by atoms with Crippen LogP contribution in [-0.2, 0) is 10.2 Å². The lowest BCUT2D eigenvalue weighted by molar-refractivity contribution is 0.244. The number of benzene rings is 1. The van der Waals surface area contributed by atoms with Crippen molar-refractivity contribution in [2.75, 3.05) is 6.54 Å². The SMILES string of the molecule is Cc1ccc(-c2cnc(C3CCCCN3S(=O)(=O)NC(C)C)[nH]2)cc1. The van der Waals surface area contributed by atoms with E-state index in [-0.39, 0.29) is 12.1 Å². The molecule has 0 amide bonds. The van der Waals surface area contributed by atoms with E-state index in [2.05, 4.69) is 33.7 Å². The minimum atomic E-state index is -3.52. The van der Waals surface area contributed by atoms with Crippen LogP contribution in [-0.4, -0.2) is 35.3 Å². The fourth-order valence-electron chi connectivity index (χ4n) is 3.22. The van der Waals surface area contributed by atoms with Crippen LogP contribution in [0, 0.1) is 6.92 Å². The van der Waals surface area contributed by atoms with E-state index in [4.69, 9.17) is 0 Å². The number of aromatic nitrogens is 2. The molecule has 6 nitrogen and oxygen atoms in total. The molecule has 1 aromatic heterocycles. The average molecular weight is 362 g/mol. The van der Waals surface area contributed by atoms with Crippen molar-refractivity contribution in [3.63, 3.8) is 0 Å². The zero-order chi connectivity index (χ0) is 18.0. The minimum Gasteiger partial charge on any atom is -0.341 e. The van der Waals surface area contributed by atoms with Crippen molar-refractivity contribution >= 4 is 10.2 Å². The molecule has 0 bridgehead atoms. The monoisotopic (exact) mass is 362 g/mol. The molecule has 1 aliphatic rings. The summed E-state index contributed by atoms with van der Waals surface area (Å²) in [5.41, 5.74) is 3.16. The van der Waals surface area contributed by atoms with E-state index in [1.807, 2.05) is 26.0 Å². The molecule has 1 aliphatic heterocycles. The Bertz CT molecular complexity index is 812. The fraction of sp³-hybridized carbons (Fsp3) is 0.500. The quantitative estimate of drug-likeness (QED) is 0.858. The van der Waals surface area contributed by atoms with Crippen molar-refractivity contribution in [2.45, 2.75) is 52.1 Å². The Balaban J connectivity index is 1.87. The third kappa shape index (κ3) is 4.11. The van der Waals surface area contributed by atoms with Gasteiger partial charge in [0.2, 0.25) is 0 Å². The Morgan fingerprint density at radius 2 is 1.96 bits per heavy atom. The summed E-state index contributed by atoms with van der Waals surface area (Å²) in [5.74, 6) is 0.712. The van der Waals surface area contributed by atoms with Gasteiger partial charge in [-0.15, -0.1) is 0 Å². The molecule has 1 aromatic carbocycles. The molecule has 2 heterocycles. The molecule has 7 heteroatoms. The zero-order valence-electron chi connectivity index (χ0n) is 15.0. The van der Waals surface area contributed by atoms with Crippen LogP contribution in [0.3, 0.4) is 0 Å². The van der Waals surface area contributed by atoms with Gasteiger partial charge in [0.25, 0.3) is 10.2 Å². The summed E-state index contributed by atoms with van der Waals surface area (Å²) in [6.45, 7) is 6.24.